The standard InChI is InChI=1S/C29H51N5O4S/c1-4-5-6-7-8-9-10-11-12-14-21-31-29(38)34-25(19-22-39-3)28(37)33-24-16-13-15-20-30-26(35)18-17-23(2)32-27(24)36/h13,16-18,23-25H,4-12,14-15,19-22H2,1-3H3,(H,30,35)(H,32,36)(H,33,37)(H2,31,34,38)/b16-13+,18-17+/t23-,24-,25?/m0/s1. The zero-order valence-corrected chi connectivity index (χ0v) is 25.0. The van der Waals surface area contributed by atoms with Crippen LogP contribution in [0.4, 0.5) is 4.79 Å². The third-order valence-corrected chi connectivity index (χ3v) is 7.12. The molecule has 0 aromatic heterocycles. The predicted octanol–water partition coefficient (Wildman–Crippen LogP) is 3.95. The van der Waals surface area contributed by atoms with E-state index in [-0.39, 0.29) is 17.8 Å². The highest BCUT2D eigenvalue weighted by atomic mass is 32.2. The van der Waals surface area contributed by atoms with E-state index in [9.17, 15) is 19.2 Å². The zero-order valence-electron chi connectivity index (χ0n) is 24.2. The van der Waals surface area contributed by atoms with E-state index >= 15 is 0 Å². The molecule has 0 spiro atoms. The highest BCUT2D eigenvalue weighted by Gasteiger charge is 2.25. The Morgan fingerprint density at radius 3 is 2.36 bits per heavy atom. The molecule has 0 aromatic carbocycles. The van der Waals surface area contributed by atoms with Gasteiger partial charge in [0.2, 0.25) is 17.7 Å². The minimum absolute atomic E-state index is 0.218. The van der Waals surface area contributed by atoms with Gasteiger partial charge in [-0.2, -0.15) is 11.8 Å². The van der Waals surface area contributed by atoms with Gasteiger partial charge in [-0.1, -0.05) is 82.9 Å². The first-order valence-corrected chi connectivity index (χ1v) is 16.0. The molecule has 5 amide bonds. The van der Waals surface area contributed by atoms with Gasteiger partial charge in [0.15, 0.2) is 0 Å². The van der Waals surface area contributed by atoms with Gasteiger partial charge >= 0.3 is 6.03 Å². The first kappa shape index (κ1) is 34.5. The van der Waals surface area contributed by atoms with Crippen LogP contribution in [-0.2, 0) is 14.4 Å². The quantitative estimate of drug-likeness (QED) is 0.135. The molecule has 0 saturated heterocycles. The lowest BCUT2D eigenvalue weighted by molar-refractivity contribution is -0.129. The molecule has 0 fully saturated rings. The van der Waals surface area contributed by atoms with Crippen LogP contribution in [-0.4, -0.2) is 67.0 Å². The molecule has 5 N–H and O–H groups in total. The lowest BCUT2D eigenvalue weighted by Gasteiger charge is -2.22. The summed E-state index contributed by atoms with van der Waals surface area (Å²) in [5.74, 6) is -0.326. The van der Waals surface area contributed by atoms with Crippen molar-refractivity contribution in [3.05, 3.63) is 24.3 Å². The van der Waals surface area contributed by atoms with Crippen molar-refractivity contribution in [3.8, 4) is 0 Å². The number of urea groups is 1. The molecule has 0 aliphatic carbocycles. The Morgan fingerprint density at radius 2 is 1.69 bits per heavy atom. The number of thioether (sulfide) groups is 1. The molecule has 0 radical (unpaired) electrons. The normalized spacial score (nSPS) is 20.4. The molecule has 0 bridgehead atoms. The van der Waals surface area contributed by atoms with Crippen LogP contribution in [0, 0.1) is 0 Å². The monoisotopic (exact) mass is 565 g/mol. The Morgan fingerprint density at radius 1 is 1.03 bits per heavy atom. The first-order chi connectivity index (χ1) is 18.9. The van der Waals surface area contributed by atoms with Crippen LogP contribution in [0.3, 0.4) is 0 Å². The van der Waals surface area contributed by atoms with Crippen molar-refractivity contribution < 1.29 is 19.2 Å². The summed E-state index contributed by atoms with van der Waals surface area (Å²) in [7, 11) is 0. The van der Waals surface area contributed by atoms with Gasteiger partial charge in [-0.3, -0.25) is 14.4 Å². The minimum atomic E-state index is -0.892. The van der Waals surface area contributed by atoms with Crippen LogP contribution >= 0.6 is 11.8 Å². The second-order valence-electron chi connectivity index (χ2n) is 10.1. The van der Waals surface area contributed by atoms with Gasteiger partial charge in [0, 0.05) is 25.2 Å². The Balaban J connectivity index is 2.51. The van der Waals surface area contributed by atoms with Crippen LogP contribution in [0.5, 0.6) is 0 Å². The Hall–Kier alpha value is -2.49. The average molecular weight is 566 g/mol. The minimum Gasteiger partial charge on any atom is -0.352 e. The molecule has 1 aliphatic rings. The van der Waals surface area contributed by atoms with Gasteiger partial charge in [0.05, 0.1) is 0 Å². The summed E-state index contributed by atoms with van der Waals surface area (Å²) in [5.41, 5.74) is 0. The smallest absolute Gasteiger partial charge is 0.315 e. The maximum Gasteiger partial charge on any atom is 0.315 e. The van der Waals surface area contributed by atoms with E-state index in [0.717, 1.165) is 12.8 Å². The molecule has 0 aromatic rings. The second-order valence-corrected chi connectivity index (χ2v) is 11.1. The van der Waals surface area contributed by atoms with E-state index in [4.69, 9.17) is 0 Å². The molecule has 0 saturated carbocycles. The lowest BCUT2D eigenvalue weighted by atomic mass is 10.1. The van der Waals surface area contributed by atoms with Crippen LogP contribution in [0.1, 0.15) is 90.9 Å². The fourth-order valence-electron chi connectivity index (χ4n) is 4.15. The number of rotatable bonds is 17. The molecular weight excluding hydrogens is 514 g/mol. The van der Waals surface area contributed by atoms with Crippen LogP contribution in [0.15, 0.2) is 24.3 Å². The summed E-state index contributed by atoms with van der Waals surface area (Å²) in [6.07, 6.45) is 21.5. The SMILES string of the molecule is CCCCCCCCCCCCNC(=O)NC(CCSC)C(=O)N[C@H]1/C=C/CCNC(=O)/C=C/[C@H](C)NC1=O. The number of unbranched alkanes of at least 4 members (excludes halogenated alkanes) is 9. The Bertz CT molecular complexity index is 790. The fraction of sp³-hybridized carbons (Fsp3) is 0.724. The number of nitrogens with one attached hydrogen (secondary N) is 5. The third kappa shape index (κ3) is 17.7. The number of carbonyl (C=O) groups excluding carboxylic acids is 4. The zero-order chi connectivity index (χ0) is 28.7. The molecule has 1 rings (SSSR count). The van der Waals surface area contributed by atoms with E-state index in [1.165, 1.54) is 57.4 Å². The van der Waals surface area contributed by atoms with Crippen molar-refractivity contribution in [3.63, 3.8) is 0 Å². The van der Waals surface area contributed by atoms with Gasteiger partial charge in [0.1, 0.15) is 12.1 Å². The summed E-state index contributed by atoms with van der Waals surface area (Å²) in [6.45, 7) is 4.97. The van der Waals surface area contributed by atoms with Crippen molar-refractivity contribution in [1.29, 1.82) is 0 Å². The molecule has 10 heteroatoms. The first-order valence-electron chi connectivity index (χ1n) is 14.6. The van der Waals surface area contributed by atoms with E-state index in [0.29, 0.717) is 31.7 Å². The third-order valence-electron chi connectivity index (χ3n) is 6.47. The lowest BCUT2D eigenvalue weighted by Crippen LogP contribution is -2.55. The van der Waals surface area contributed by atoms with E-state index < -0.39 is 24.0 Å². The van der Waals surface area contributed by atoms with E-state index in [1.54, 1.807) is 36.9 Å². The maximum absolute atomic E-state index is 13.1. The maximum atomic E-state index is 13.1. The second kappa shape index (κ2) is 22.3. The van der Waals surface area contributed by atoms with Crippen LogP contribution in [0.25, 0.3) is 0 Å². The molecule has 1 aliphatic heterocycles. The summed E-state index contributed by atoms with van der Waals surface area (Å²) in [4.78, 5) is 50.2. The summed E-state index contributed by atoms with van der Waals surface area (Å²) in [6, 6.07) is -2.42. The fourth-order valence-corrected chi connectivity index (χ4v) is 4.62. The summed E-state index contributed by atoms with van der Waals surface area (Å²) in [5, 5.41) is 14.0. The summed E-state index contributed by atoms with van der Waals surface area (Å²) < 4.78 is 0. The number of hydrogen-bond acceptors (Lipinski definition) is 5. The Labute approximate surface area is 239 Å². The molecule has 3 atom stereocenters. The van der Waals surface area contributed by atoms with Crippen LogP contribution in [0.2, 0.25) is 0 Å². The van der Waals surface area contributed by atoms with Crippen molar-refractivity contribution in [2.45, 2.75) is 109 Å². The van der Waals surface area contributed by atoms with Crippen LogP contribution < -0.4 is 26.6 Å². The highest BCUT2D eigenvalue weighted by molar-refractivity contribution is 7.98. The molecule has 9 nitrogen and oxygen atoms in total. The van der Waals surface area contributed by atoms with Crippen molar-refractivity contribution in [1.82, 2.24) is 26.6 Å². The van der Waals surface area contributed by atoms with Gasteiger partial charge < -0.3 is 26.6 Å². The topological polar surface area (TPSA) is 128 Å². The molecule has 39 heavy (non-hydrogen) atoms. The number of amides is 5. The number of hydrogen-bond donors (Lipinski definition) is 5. The molecular formula is C29H51N5O4S. The molecule has 1 heterocycles. The van der Waals surface area contributed by atoms with Crippen molar-refractivity contribution >= 4 is 35.5 Å². The predicted molar refractivity (Wildman–Crippen MR) is 161 cm³/mol. The van der Waals surface area contributed by atoms with Gasteiger partial charge in [-0.05, 0) is 38.2 Å². The highest BCUT2D eigenvalue weighted by Crippen LogP contribution is 2.10. The summed E-state index contributed by atoms with van der Waals surface area (Å²) >= 11 is 1.59. The molecule has 1 unspecified atom stereocenters. The Kier molecular flexibility index (Phi) is 19.8. The van der Waals surface area contributed by atoms with E-state index in [2.05, 4.69) is 33.5 Å². The van der Waals surface area contributed by atoms with Gasteiger partial charge in [0.25, 0.3) is 0 Å². The number of carbonyl (C=O) groups is 4. The largest absolute Gasteiger partial charge is 0.352 e. The van der Waals surface area contributed by atoms with Gasteiger partial charge in [-0.15, -0.1) is 0 Å². The van der Waals surface area contributed by atoms with Gasteiger partial charge in [-0.25, -0.2) is 4.79 Å². The van der Waals surface area contributed by atoms with Crippen molar-refractivity contribution in [2.75, 3.05) is 25.1 Å². The van der Waals surface area contributed by atoms with E-state index in [1.807, 2.05) is 6.26 Å². The molecule has 222 valence electrons. The van der Waals surface area contributed by atoms with Crippen molar-refractivity contribution in [2.24, 2.45) is 0 Å². The average Bonchev–Trinajstić information content (AvgIpc) is 2.91.